The first-order valence-electron chi connectivity index (χ1n) is 5.70. The number of hydrogen-bond acceptors (Lipinski definition) is 5. The summed E-state index contributed by atoms with van der Waals surface area (Å²) in [5.41, 5.74) is 1.06. The molecule has 0 amide bonds. The first kappa shape index (κ1) is 14.3. The Morgan fingerprint density at radius 2 is 1.72 bits per heavy atom. The zero-order chi connectivity index (χ0) is 13.4. The Morgan fingerprint density at radius 1 is 1.11 bits per heavy atom. The molecule has 0 aliphatic rings. The van der Waals surface area contributed by atoms with E-state index in [9.17, 15) is 4.79 Å². The molecule has 5 heteroatoms. The molecule has 100 valence electrons. The molecular formula is C13H19NO4. The van der Waals surface area contributed by atoms with Crippen molar-refractivity contribution in [2.24, 2.45) is 0 Å². The number of hydrogen-bond donors (Lipinski definition) is 1. The van der Waals surface area contributed by atoms with Gasteiger partial charge in [-0.05, 0) is 30.7 Å². The average molecular weight is 253 g/mol. The van der Waals surface area contributed by atoms with E-state index in [1.807, 2.05) is 12.1 Å². The van der Waals surface area contributed by atoms with Crippen LogP contribution in [0.1, 0.15) is 5.56 Å². The molecule has 0 unspecified atom stereocenters. The third-order valence-electron chi connectivity index (χ3n) is 2.54. The average Bonchev–Trinajstić information content (AvgIpc) is 2.42. The van der Waals surface area contributed by atoms with Gasteiger partial charge < -0.3 is 24.3 Å². The quantitative estimate of drug-likeness (QED) is 0.554. The predicted octanol–water partition coefficient (Wildman–Crippen LogP) is 1.04. The molecule has 0 saturated carbocycles. The van der Waals surface area contributed by atoms with Gasteiger partial charge in [-0.2, -0.15) is 0 Å². The minimum Gasteiger partial charge on any atom is -0.493 e. The molecule has 1 aromatic carbocycles. The molecule has 0 bridgehead atoms. The lowest BCUT2D eigenvalue weighted by Gasteiger charge is -2.14. The van der Waals surface area contributed by atoms with Gasteiger partial charge in [0.1, 0.15) is 6.29 Å². The van der Waals surface area contributed by atoms with Crippen LogP contribution in [-0.2, 0) is 11.2 Å². The Kier molecular flexibility index (Phi) is 6.00. The lowest BCUT2D eigenvalue weighted by atomic mass is 10.1. The number of rotatable bonds is 8. The van der Waals surface area contributed by atoms with Crippen molar-refractivity contribution in [2.45, 2.75) is 6.42 Å². The highest BCUT2D eigenvalue weighted by Crippen LogP contribution is 2.38. The Morgan fingerprint density at radius 3 is 2.17 bits per heavy atom. The van der Waals surface area contributed by atoms with Gasteiger partial charge in [0, 0.05) is 0 Å². The van der Waals surface area contributed by atoms with E-state index in [4.69, 9.17) is 14.2 Å². The first-order chi connectivity index (χ1) is 8.76. The molecule has 0 radical (unpaired) electrons. The summed E-state index contributed by atoms with van der Waals surface area (Å²) in [4.78, 5) is 10.2. The lowest BCUT2D eigenvalue weighted by Crippen LogP contribution is -2.19. The number of aldehydes is 1. The lowest BCUT2D eigenvalue weighted by molar-refractivity contribution is -0.107. The van der Waals surface area contributed by atoms with E-state index < -0.39 is 0 Å². The number of carbonyl (C=O) groups excluding carboxylic acids is 1. The van der Waals surface area contributed by atoms with Gasteiger partial charge >= 0.3 is 0 Å². The molecule has 5 nitrogen and oxygen atoms in total. The molecule has 18 heavy (non-hydrogen) atoms. The number of methoxy groups -OCH3 is 3. The van der Waals surface area contributed by atoms with E-state index in [1.54, 1.807) is 21.3 Å². The van der Waals surface area contributed by atoms with Crippen molar-refractivity contribution in [1.82, 2.24) is 5.32 Å². The minimum atomic E-state index is 0.366. The van der Waals surface area contributed by atoms with Crippen LogP contribution in [0.4, 0.5) is 0 Å². The molecule has 1 N–H and O–H groups in total. The van der Waals surface area contributed by atoms with Crippen LogP contribution in [0.15, 0.2) is 12.1 Å². The highest BCUT2D eigenvalue weighted by Gasteiger charge is 2.12. The van der Waals surface area contributed by atoms with Crippen molar-refractivity contribution in [2.75, 3.05) is 34.4 Å². The van der Waals surface area contributed by atoms with Crippen LogP contribution in [0.25, 0.3) is 0 Å². The first-order valence-corrected chi connectivity index (χ1v) is 5.70. The Labute approximate surface area is 107 Å². The van der Waals surface area contributed by atoms with Crippen molar-refractivity contribution in [3.8, 4) is 17.2 Å². The number of benzene rings is 1. The molecule has 0 heterocycles. The van der Waals surface area contributed by atoms with Gasteiger partial charge in [-0.25, -0.2) is 0 Å². The summed E-state index contributed by atoms with van der Waals surface area (Å²) in [5.74, 6) is 1.87. The SMILES string of the molecule is COc1cc(CCNCC=O)cc(OC)c1OC. The zero-order valence-corrected chi connectivity index (χ0v) is 11.0. The highest BCUT2D eigenvalue weighted by molar-refractivity contribution is 5.54. The Hall–Kier alpha value is -1.75. The summed E-state index contributed by atoms with van der Waals surface area (Å²) < 4.78 is 15.8. The Bertz CT molecular complexity index is 368. The standard InChI is InChI=1S/C13H19NO4/c1-16-11-8-10(4-5-14-6-7-15)9-12(17-2)13(11)18-3/h7-9,14H,4-6H2,1-3H3. The fourth-order valence-electron chi connectivity index (χ4n) is 1.67. The van der Waals surface area contributed by atoms with Crippen LogP contribution in [0.5, 0.6) is 17.2 Å². The van der Waals surface area contributed by atoms with Gasteiger partial charge in [0.2, 0.25) is 5.75 Å². The summed E-state index contributed by atoms with van der Waals surface area (Å²) in [6, 6.07) is 3.81. The van der Waals surface area contributed by atoms with Crippen LogP contribution >= 0.6 is 0 Å². The molecule has 0 saturated heterocycles. The van der Waals surface area contributed by atoms with E-state index in [-0.39, 0.29) is 0 Å². The van der Waals surface area contributed by atoms with E-state index in [0.29, 0.717) is 23.8 Å². The second-order valence-electron chi connectivity index (χ2n) is 3.65. The van der Waals surface area contributed by atoms with E-state index in [0.717, 1.165) is 24.8 Å². The van der Waals surface area contributed by atoms with Crippen molar-refractivity contribution >= 4 is 6.29 Å². The highest BCUT2D eigenvalue weighted by atomic mass is 16.5. The second kappa shape index (κ2) is 7.55. The number of ether oxygens (including phenoxy) is 3. The molecule has 1 aromatic rings. The predicted molar refractivity (Wildman–Crippen MR) is 68.7 cm³/mol. The molecule has 0 aliphatic heterocycles. The van der Waals surface area contributed by atoms with Gasteiger partial charge in [-0.1, -0.05) is 0 Å². The van der Waals surface area contributed by atoms with Gasteiger partial charge in [0.25, 0.3) is 0 Å². The summed E-state index contributed by atoms with van der Waals surface area (Å²) in [6.07, 6.45) is 1.62. The minimum absolute atomic E-state index is 0.366. The van der Waals surface area contributed by atoms with Gasteiger partial charge in [-0.3, -0.25) is 0 Å². The third kappa shape index (κ3) is 3.63. The van der Waals surface area contributed by atoms with Crippen LogP contribution in [0.2, 0.25) is 0 Å². The van der Waals surface area contributed by atoms with Crippen molar-refractivity contribution in [1.29, 1.82) is 0 Å². The fourth-order valence-corrected chi connectivity index (χ4v) is 1.67. The summed E-state index contributed by atoms with van der Waals surface area (Å²) >= 11 is 0. The number of nitrogens with one attached hydrogen (secondary N) is 1. The summed E-state index contributed by atoms with van der Waals surface area (Å²) in [7, 11) is 4.75. The molecular weight excluding hydrogens is 234 g/mol. The summed E-state index contributed by atoms with van der Waals surface area (Å²) in [6.45, 7) is 1.09. The molecule has 0 aromatic heterocycles. The molecule has 0 fully saturated rings. The van der Waals surface area contributed by atoms with Crippen molar-refractivity contribution in [3.05, 3.63) is 17.7 Å². The molecule has 1 rings (SSSR count). The normalized spacial score (nSPS) is 9.94. The van der Waals surface area contributed by atoms with Gasteiger partial charge in [-0.15, -0.1) is 0 Å². The molecule has 0 aliphatic carbocycles. The van der Waals surface area contributed by atoms with Gasteiger partial charge in [0.05, 0.1) is 27.9 Å². The summed E-state index contributed by atoms with van der Waals surface area (Å²) in [5, 5.41) is 3.01. The zero-order valence-electron chi connectivity index (χ0n) is 11.0. The van der Waals surface area contributed by atoms with Crippen LogP contribution < -0.4 is 19.5 Å². The fraction of sp³-hybridized carbons (Fsp3) is 0.462. The molecule has 0 spiro atoms. The maximum absolute atomic E-state index is 10.2. The van der Waals surface area contributed by atoms with E-state index >= 15 is 0 Å². The van der Waals surface area contributed by atoms with Crippen molar-refractivity contribution < 1.29 is 19.0 Å². The largest absolute Gasteiger partial charge is 0.493 e. The third-order valence-corrected chi connectivity index (χ3v) is 2.54. The maximum Gasteiger partial charge on any atom is 0.203 e. The van der Waals surface area contributed by atoms with E-state index in [1.165, 1.54) is 0 Å². The maximum atomic E-state index is 10.2. The number of carbonyl (C=O) groups is 1. The topological polar surface area (TPSA) is 56.8 Å². The Balaban J connectivity index is 2.82. The van der Waals surface area contributed by atoms with E-state index in [2.05, 4.69) is 5.32 Å². The second-order valence-corrected chi connectivity index (χ2v) is 3.65. The van der Waals surface area contributed by atoms with Crippen LogP contribution in [0.3, 0.4) is 0 Å². The van der Waals surface area contributed by atoms with Gasteiger partial charge in [0.15, 0.2) is 11.5 Å². The molecule has 0 atom stereocenters. The monoisotopic (exact) mass is 253 g/mol. The van der Waals surface area contributed by atoms with Crippen LogP contribution in [0, 0.1) is 0 Å². The van der Waals surface area contributed by atoms with Crippen LogP contribution in [-0.4, -0.2) is 40.7 Å². The smallest absolute Gasteiger partial charge is 0.203 e. The van der Waals surface area contributed by atoms with Crippen molar-refractivity contribution in [3.63, 3.8) is 0 Å².